The first-order valence-corrected chi connectivity index (χ1v) is 11.3. The number of aromatic nitrogens is 2. The maximum atomic E-state index is 13.0. The molecule has 1 aliphatic heterocycles. The summed E-state index contributed by atoms with van der Waals surface area (Å²) in [5.74, 6) is 0.985. The number of nitrogens with zero attached hydrogens (tertiary/aromatic N) is 5. The number of hydrogen-bond acceptors (Lipinski definition) is 6. The second-order valence-corrected chi connectivity index (χ2v) is 9.46. The van der Waals surface area contributed by atoms with E-state index in [-0.39, 0.29) is 6.04 Å². The SMILES string of the molecule is CN(C1CCCCC1)S(=O)(=O)N1CCN(c2noc(-c3ccccc3)n2)CC1. The van der Waals surface area contributed by atoms with Crippen molar-refractivity contribution in [2.75, 3.05) is 38.1 Å². The zero-order valence-electron chi connectivity index (χ0n) is 16.2. The summed E-state index contributed by atoms with van der Waals surface area (Å²) >= 11 is 0. The molecule has 2 aromatic rings. The van der Waals surface area contributed by atoms with E-state index in [1.54, 1.807) is 15.7 Å². The Morgan fingerprint density at radius 2 is 1.71 bits per heavy atom. The summed E-state index contributed by atoms with van der Waals surface area (Å²) < 4.78 is 34.5. The minimum atomic E-state index is -3.43. The summed E-state index contributed by atoms with van der Waals surface area (Å²) in [5, 5.41) is 4.07. The van der Waals surface area contributed by atoms with Crippen LogP contribution < -0.4 is 4.90 Å². The third-order valence-corrected chi connectivity index (χ3v) is 7.78. The highest BCUT2D eigenvalue weighted by Gasteiger charge is 2.35. The molecule has 152 valence electrons. The van der Waals surface area contributed by atoms with Gasteiger partial charge >= 0.3 is 0 Å². The van der Waals surface area contributed by atoms with Crippen molar-refractivity contribution in [2.24, 2.45) is 0 Å². The molecule has 1 aromatic carbocycles. The van der Waals surface area contributed by atoms with Gasteiger partial charge in [-0.3, -0.25) is 0 Å². The van der Waals surface area contributed by atoms with Crippen molar-refractivity contribution in [2.45, 2.75) is 38.1 Å². The van der Waals surface area contributed by atoms with E-state index in [0.717, 1.165) is 31.2 Å². The molecule has 8 nitrogen and oxygen atoms in total. The molecule has 4 rings (SSSR count). The van der Waals surface area contributed by atoms with E-state index in [2.05, 4.69) is 10.1 Å². The maximum Gasteiger partial charge on any atom is 0.282 e. The minimum absolute atomic E-state index is 0.127. The first-order chi connectivity index (χ1) is 13.6. The molecule has 0 unspecified atom stereocenters. The van der Waals surface area contributed by atoms with Crippen molar-refractivity contribution in [3.8, 4) is 11.5 Å². The van der Waals surface area contributed by atoms with Crippen LogP contribution in [0.25, 0.3) is 11.5 Å². The van der Waals surface area contributed by atoms with Gasteiger partial charge in [-0.05, 0) is 30.1 Å². The fourth-order valence-electron chi connectivity index (χ4n) is 3.98. The van der Waals surface area contributed by atoms with Crippen molar-refractivity contribution >= 4 is 16.2 Å². The Morgan fingerprint density at radius 1 is 1.04 bits per heavy atom. The lowest BCUT2D eigenvalue weighted by molar-refractivity contribution is 0.259. The van der Waals surface area contributed by atoms with E-state index in [9.17, 15) is 8.42 Å². The monoisotopic (exact) mass is 405 g/mol. The van der Waals surface area contributed by atoms with Crippen LogP contribution in [-0.4, -0.2) is 66.4 Å². The highest BCUT2D eigenvalue weighted by Crippen LogP contribution is 2.26. The third kappa shape index (κ3) is 3.92. The molecule has 0 N–H and O–H groups in total. The Bertz CT molecular complexity index is 872. The van der Waals surface area contributed by atoms with Crippen LogP contribution in [0.4, 0.5) is 5.95 Å². The van der Waals surface area contributed by atoms with E-state index in [4.69, 9.17) is 4.52 Å². The quantitative estimate of drug-likeness (QED) is 0.759. The number of hydrogen-bond donors (Lipinski definition) is 0. The van der Waals surface area contributed by atoms with Crippen LogP contribution in [-0.2, 0) is 10.2 Å². The van der Waals surface area contributed by atoms with E-state index in [1.807, 2.05) is 35.2 Å². The molecule has 2 heterocycles. The topological polar surface area (TPSA) is 82.8 Å². The second-order valence-electron chi connectivity index (χ2n) is 7.47. The molecule has 2 aliphatic rings. The zero-order valence-corrected chi connectivity index (χ0v) is 17.0. The summed E-state index contributed by atoms with van der Waals surface area (Å²) in [5.41, 5.74) is 0.872. The molecule has 2 fully saturated rings. The standard InChI is InChI=1S/C19H27N5O3S/c1-22(17-10-6-3-7-11-17)28(25,26)24-14-12-23(13-15-24)19-20-18(27-21-19)16-8-4-2-5-9-16/h2,4-5,8-9,17H,3,6-7,10-15H2,1H3. The summed E-state index contributed by atoms with van der Waals surface area (Å²) in [6.45, 7) is 1.94. The van der Waals surface area contributed by atoms with Crippen molar-refractivity contribution in [1.82, 2.24) is 18.8 Å². The molecule has 0 bridgehead atoms. The molecular formula is C19H27N5O3S. The summed E-state index contributed by atoms with van der Waals surface area (Å²) in [4.78, 5) is 6.44. The van der Waals surface area contributed by atoms with E-state index in [0.29, 0.717) is 38.0 Å². The Hall–Kier alpha value is -1.97. The lowest BCUT2D eigenvalue weighted by Gasteiger charge is -2.38. The predicted octanol–water partition coefficient (Wildman–Crippen LogP) is 2.37. The molecule has 28 heavy (non-hydrogen) atoms. The Balaban J connectivity index is 1.38. The van der Waals surface area contributed by atoms with Crippen molar-refractivity contribution in [3.05, 3.63) is 30.3 Å². The summed E-state index contributed by atoms with van der Waals surface area (Å²) in [6.07, 6.45) is 5.35. The molecule has 9 heteroatoms. The molecule has 1 aromatic heterocycles. The Morgan fingerprint density at radius 3 is 2.39 bits per heavy atom. The smallest absolute Gasteiger partial charge is 0.282 e. The van der Waals surface area contributed by atoms with Gasteiger partial charge in [0, 0.05) is 44.8 Å². The van der Waals surface area contributed by atoms with Crippen LogP contribution in [0, 0.1) is 0 Å². The van der Waals surface area contributed by atoms with Gasteiger partial charge in [0.05, 0.1) is 0 Å². The normalized spacial score (nSPS) is 20.0. The van der Waals surface area contributed by atoms with Crippen LogP contribution >= 0.6 is 0 Å². The predicted molar refractivity (Wildman–Crippen MR) is 107 cm³/mol. The van der Waals surface area contributed by atoms with Gasteiger partial charge in [-0.25, -0.2) is 0 Å². The number of piperazine rings is 1. The molecule has 0 atom stereocenters. The van der Waals surface area contributed by atoms with Crippen molar-refractivity contribution in [1.29, 1.82) is 0 Å². The van der Waals surface area contributed by atoms with Crippen LogP contribution in [0.15, 0.2) is 34.9 Å². The fraction of sp³-hybridized carbons (Fsp3) is 0.579. The van der Waals surface area contributed by atoms with Crippen LogP contribution in [0.5, 0.6) is 0 Å². The fourth-order valence-corrected chi connectivity index (χ4v) is 5.55. The average molecular weight is 406 g/mol. The van der Waals surface area contributed by atoms with Crippen LogP contribution in [0.2, 0.25) is 0 Å². The van der Waals surface area contributed by atoms with E-state index < -0.39 is 10.2 Å². The highest BCUT2D eigenvalue weighted by atomic mass is 32.2. The van der Waals surface area contributed by atoms with Crippen molar-refractivity contribution < 1.29 is 12.9 Å². The summed E-state index contributed by atoms with van der Waals surface area (Å²) in [7, 11) is -1.70. The third-order valence-electron chi connectivity index (χ3n) is 5.74. The first kappa shape index (κ1) is 19.4. The molecule has 1 saturated carbocycles. The van der Waals surface area contributed by atoms with Crippen LogP contribution in [0.1, 0.15) is 32.1 Å². The van der Waals surface area contributed by atoms with E-state index in [1.165, 1.54) is 6.42 Å². The van der Waals surface area contributed by atoms with Gasteiger partial charge in [-0.2, -0.15) is 22.0 Å². The first-order valence-electron chi connectivity index (χ1n) is 9.93. The van der Waals surface area contributed by atoms with Crippen molar-refractivity contribution in [3.63, 3.8) is 0 Å². The highest BCUT2D eigenvalue weighted by molar-refractivity contribution is 7.86. The molecule has 0 radical (unpaired) electrons. The Kier molecular flexibility index (Phi) is 5.65. The van der Waals surface area contributed by atoms with Crippen LogP contribution in [0.3, 0.4) is 0 Å². The van der Waals surface area contributed by atoms with Gasteiger partial charge in [-0.15, -0.1) is 0 Å². The molecule has 1 saturated heterocycles. The number of rotatable bonds is 5. The maximum absolute atomic E-state index is 13.0. The van der Waals surface area contributed by atoms with Gasteiger partial charge < -0.3 is 9.42 Å². The zero-order chi connectivity index (χ0) is 19.6. The second kappa shape index (κ2) is 8.18. The lowest BCUT2D eigenvalue weighted by Crippen LogP contribution is -2.54. The largest absolute Gasteiger partial charge is 0.336 e. The molecular weight excluding hydrogens is 378 g/mol. The number of anilines is 1. The average Bonchev–Trinajstić information content (AvgIpc) is 3.25. The minimum Gasteiger partial charge on any atom is -0.336 e. The van der Waals surface area contributed by atoms with E-state index >= 15 is 0 Å². The van der Waals surface area contributed by atoms with Gasteiger partial charge in [0.25, 0.3) is 22.0 Å². The van der Waals surface area contributed by atoms with Gasteiger partial charge in [0.1, 0.15) is 0 Å². The Labute approximate surface area is 166 Å². The summed E-state index contributed by atoms with van der Waals surface area (Å²) in [6, 6.07) is 9.75. The van der Waals surface area contributed by atoms with Gasteiger partial charge in [0.2, 0.25) is 0 Å². The molecule has 0 amide bonds. The molecule has 1 aliphatic carbocycles. The van der Waals surface area contributed by atoms with Gasteiger partial charge in [0.15, 0.2) is 0 Å². The number of benzene rings is 1. The molecule has 0 spiro atoms. The lowest BCUT2D eigenvalue weighted by atomic mass is 9.96. The van der Waals surface area contributed by atoms with Gasteiger partial charge in [-0.1, -0.05) is 37.5 Å².